The van der Waals surface area contributed by atoms with Crippen molar-refractivity contribution in [2.45, 2.75) is 6.92 Å². The summed E-state index contributed by atoms with van der Waals surface area (Å²) in [5, 5.41) is 8.06. The number of hydrogen-bond donors (Lipinski definition) is 3. The van der Waals surface area contributed by atoms with Crippen LogP contribution in [0.25, 0.3) is 0 Å². The maximum absolute atomic E-state index is 12.4. The molecule has 30 heavy (non-hydrogen) atoms. The Labute approximate surface area is 182 Å². The van der Waals surface area contributed by atoms with E-state index in [1.165, 1.54) is 6.20 Å². The molecule has 0 radical (unpaired) electrons. The number of anilines is 2. The topological polar surface area (TPSA) is 100 Å². The summed E-state index contributed by atoms with van der Waals surface area (Å²) >= 11 is 3.37. The summed E-state index contributed by atoms with van der Waals surface area (Å²) in [5.41, 5.74) is 2.78. The first kappa shape index (κ1) is 21.2. The first-order chi connectivity index (χ1) is 14.4. The van der Waals surface area contributed by atoms with Crippen LogP contribution in [-0.4, -0.2) is 29.3 Å². The largest absolute Gasteiger partial charge is 0.343 e. The van der Waals surface area contributed by atoms with Gasteiger partial charge in [0.2, 0.25) is 5.91 Å². The van der Waals surface area contributed by atoms with Crippen LogP contribution in [0, 0.1) is 6.92 Å². The van der Waals surface area contributed by atoms with E-state index >= 15 is 0 Å². The van der Waals surface area contributed by atoms with E-state index in [9.17, 15) is 14.4 Å². The lowest BCUT2D eigenvalue weighted by atomic mass is 10.1. The van der Waals surface area contributed by atoms with Crippen molar-refractivity contribution < 1.29 is 14.4 Å². The molecule has 0 aliphatic heterocycles. The fourth-order valence-electron chi connectivity index (χ4n) is 2.66. The average Bonchev–Trinajstić information content (AvgIpc) is 2.75. The molecule has 7 nitrogen and oxygen atoms in total. The van der Waals surface area contributed by atoms with E-state index in [2.05, 4.69) is 36.9 Å². The van der Waals surface area contributed by atoms with Crippen molar-refractivity contribution in [2.24, 2.45) is 0 Å². The van der Waals surface area contributed by atoms with Crippen LogP contribution in [0.3, 0.4) is 0 Å². The second-order valence-electron chi connectivity index (χ2n) is 6.47. The summed E-state index contributed by atoms with van der Waals surface area (Å²) in [6, 6.07) is 15.3. The molecule has 1 aromatic heterocycles. The molecule has 2 aromatic carbocycles. The highest BCUT2D eigenvalue weighted by atomic mass is 79.9. The van der Waals surface area contributed by atoms with Crippen LogP contribution in [0.5, 0.6) is 0 Å². The molecule has 0 saturated carbocycles. The number of pyridine rings is 1. The predicted octanol–water partition coefficient (Wildman–Crippen LogP) is 3.77. The highest BCUT2D eigenvalue weighted by Crippen LogP contribution is 2.19. The molecule has 3 N–H and O–H groups in total. The average molecular weight is 467 g/mol. The number of carbonyl (C=O) groups is 3. The van der Waals surface area contributed by atoms with Gasteiger partial charge in [-0.3, -0.25) is 19.4 Å². The third kappa shape index (κ3) is 5.74. The fourth-order valence-corrected chi connectivity index (χ4v) is 3.14. The van der Waals surface area contributed by atoms with E-state index < -0.39 is 5.91 Å². The molecule has 3 rings (SSSR count). The lowest BCUT2D eigenvalue weighted by molar-refractivity contribution is -0.115. The van der Waals surface area contributed by atoms with Crippen molar-refractivity contribution in [3.63, 3.8) is 0 Å². The van der Waals surface area contributed by atoms with Gasteiger partial charge in [0.1, 0.15) is 0 Å². The van der Waals surface area contributed by atoms with Gasteiger partial charge in [0.25, 0.3) is 11.8 Å². The quantitative estimate of drug-likeness (QED) is 0.514. The van der Waals surface area contributed by atoms with Crippen molar-refractivity contribution in [3.05, 3.63) is 88.2 Å². The minimum atomic E-state index is -0.421. The highest BCUT2D eigenvalue weighted by Gasteiger charge is 2.11. The van der Waals surface area contributed by atoms with Crippen LogP contribution in [-0.2, 0) is 4.79 Å². The van der Waals surface area contributed by atoms with E-state index in [-0.39, 0.29) is 18.4 Å². The van der Waals surface area contributed by atoms with Crippen LogP contribution in [0.15, 0.2) is 71.5 Å². The number of aromatic nitrogens is 1. The summed E-state index contributed by atoms with van der Waals surface area (Å²) in [7, 11) is 0. The second kappa shape index (κ2) is 9.80. The second-order valence-corrected chi connectivity index (χ2v) is 7.38. The molecule has 0 spiro atoms. The van der Waals surface area contributed by atoms with E-state index in [4.69, 9.17) is 0 Å². The number of rotatable bonds is 6. The Kier molecular flexibility index (Phi) is 6.92. The van der Waals surface area contributed by atoms with Gasteiger partial charge in [-0.1, -0.05) is 22.0 Å². The van der Waals surface area contributed by atoms with Gasteiger partial charge in [-0.15, -0.1) is 0 Å². The molecule has 0 unspecified atom stereocenters. The number of halogens is 1. The molecule has 0 fully saturated rings. The molecule has 3 amide bonds. The highest BCUT2D eigenvalue weighted by molar-refractivity contribution is 9.10. The maximum atomic E-state index is 12.4. The molecule has 0 aliphatic rings. The Morgan fingerprint density at radius 3 is 2.47 bits per heavy atom. The van der Waals surface area contributed by atoms with Crippen molar-refractivity contribution in [1.82, 2.24) is 10.3 Å². The molecule has 0 aliphatic carbocycles. The van der Waals surface area contributed by atoms with E-state index in [0.29, 0.717) is 22.5 Å². The molecule has 0 atom stereocenters. The number of carbonyl (C=O) groups excluding carboxylic acids is 3. The summed E-state index contributed by atoms with van der Waals surface area (Å²) in [6.07, 6.45) is 3.04. The van der Waals surface area contributed by atoms with Gasteiger partial charge >= 0.3 is 0 Å². The number of nitrogens with zero attached hydrogens (tertiary/aromatic N) is 1. The molecule has 8 heteroatoms. The lowest BCUT2D eigenvalue weighted by Crippen LogP contribution is -2.33. The zero-order chi connectivity index (χ0) is 21.5. The van der Waals surface area contributed by atoms with Crippen LogP contribution in [0.2, 0.25) is 0 Å². The first-order valence-corrected chi connectivity index (χ1v) is 9.87. The van der Waals surface area contributed by atoms with E-state index in [1.54, 1.807) is 48.7 Å². The normalized spacial score (nSPS) is 10.2. The molecule has 0 saturated heterocycles. The van der Waals surface area contributed by atoms with Crippen molar-refractivity contribution in [3.8, 4) is 0 Å². The minimum absolute atomic E-state index is 0.180. The Morgan fingerprint density at radius 1 is 0.933 bits per heavy atom. The monoisotopic (exact) mass is 466 g/mol. The minimum Gasteiger partial charge on any atom is -0.343 e. The van der Waals surface area contributed by atoms with Gasteiger partial charge in [-0.05, 0) is 61.0 Å². The summed E-state index contributed by atoms with van der Waals surface area (Å²) in [5.74, 6) is -1.09. The van der Waals surface area contributed by atoms with Crippen LogP contribution < -0.4 is 16.0 Å². The lowest BCUT2D eigenvalue weighted by Gasteiger charge is -2.10. The van der Waals surface area contributed by atoms with Gasteiger partial charge in [0, 0.05) is 33.8 Å². The third-order valence-electron chi connectivity index (χ3n) is 4.18. The fraction of sp³-hybridized carbons (Fsp3) is 0.0909. The summed E-state index contributed by atoms with van der Waals surface area (Å²) in [6.45, 7) is 1.70. The van der Waals surface area contributed by atoms with Gasteiger partial charge in [0.15, 0.2) is 0 Å². The summed E-state index contributed by atoms with van der Waals surface area (Å²) in [4.78, 5) is 40.7. The van der Waals surface area contributed by atoms with Crippen molar-refractivity contribution in [2.75, 3.05) is 17.2 Å². The van der Waals surface area contributed by atoms with Crippen LogP contribution >= 0.6 is 15.9 Å². The number of benzene rings is 2. The zero-order valence-corrected chi connectivity index (χ0v) is 17.7. The van der Waals surface area contributed by atoms with Crippen LogP contribution in [0.4, 0.5) is 11.4 Å². The third-order valence-corrected chi connectivity index (χ3v) is 4.67. The number of hydrogen-bond acceptors (Lipinski definition) is 4. The Hall–Kier alpha value is -3.52. The van der Waals surface area contributed by atoms with Crippen molar-refractivity contribution in [1.29, 1.82) is 0 Å². The molecular weight excluding hydrogens is 448 g/mol. The van der Waals surface area contributed by atoms with Gasteiger partial charge in [0.05, 0.1) is 12.1 Å². The Balaban J connectivity index is 1.57. The SMILES string of the molecule is Cc1cc(Br)ccc1NC(=O)CNC(=O)c1cccc(NC(=O)c2cccnc2)c1. The first-order valence-electron chi connectivity index (χ1n) is 9.08. The number of amides is 3. The maximum Gasteiger partial charge on any atom is 0.257 e. The van der Waals surface area contributed by atoms with Gasteiger partial charge in [-0.25, -0.2) is 0 Å². The Bertz CT molecular complexity index is 1090. The standard InChI is InChI=1S/C22H19BrN4O3/c1-14-10-17(23)7-8-19(14)27-20(28)13-25-21(29)15-4-2-6-18(11-15)26-22(30)16-5-3-9-24-12-16/h2-12H,13H2,1H3,(H,25,29)(H,26,30)(H,27,28). The molecule has 1 heterocycles. The van der Waals surface area contributed by atoms with Crippen LogP contribution in [0.1, 0.15) is 26.3 Å². The molecular formula is C22H19BrN4O3. The number of aryl methyl sites for hydroxylation is 1. The van der Waals surface area contributed by atoms with Gasteiger partial charge < -0.3 is 16.0 Å². The van der Waals surface area contributed by atoms with E-state index in [0.717, 1.165) is 10.0 Å². The van der Waals surface area contributed by atoms with Gasteiger partial charge in [-0.2, -0.15) is 0 Å². The predicted molar refractivity (Wildman–Crippen MR) is 118 cm³/mol. The number of nitrogens with one attached hydrogen (secondary N) is 3. The Morgan fingerprint density at radius 2 is 1.73 bits per heavy atom. The van der Waals surface area contributed by atoms with Crippen molar-refractivity contribution >= 4 is 45.0 Å². The van der Waals surface area contributed by atoms with E-state index in [1.807, 2.05) is 19.1 Å². The molecule has 0 bridgehead atoms. The molecule has 152 valence electrons. The molecule has 3 aromatic rings. The smallest absolute Gasteiger partial charge is 0.257 e. The zero-order valence-electron chi connectivity index (χ0n) is 16.1. The summed E-state index contributed by atoms with van der Waals surface area (Å²) < 4.78 is 0.918.